The van der Waals surface area contributed by atoms with Gasteiger partial charge in [-0.2, -0.15) is 0 Å². The van der Waals surface area contributed by atoms with Crippen molar-refractivity contribution in [1.82, 2.24) is 10.6 Å². The number of piperidine rings is 1. The van der Waals surface area contributed by atoms with Crippen molar-refractivity contribution in [2.24, 2.45) is 11.7 Å². The molecule has 0 bridgehead atoms. The highest BCUT2D eigenvalue weighted by Gasteiger charge is 2.24. The highest BCUT2D eigenvalue weighted by molar-refractivity contribution is 5.82. The van der Waals surface area contributed by atoms with Gasteiger partial charge in [-0.05, 0) is 12.3 Å². The van der Waals surface area contributed by atoms with Crippen LogP contribution in [0.3, 0.4) is 0 Å². The Kier molecular flexibility index (Phi) is 4.73. The second kappa shape index (κ2) is 5.84. The topological polar surface area (TPSA) is 84.2 Å². The van der Waals surface area contributed by atoms with Crippen molar-refractivity contribution in [2.75, 3.05) is 6.54 Å². The highest BCUT2D eigenvalue weighted by atomic mass is 16.2. The zero-order valence-electron chi connectivity index (χ0n) is 9.95. The summed E-state index contributed by atoms with van der Waals surface area (Å²) >= 11 is 0. The fourth-order valence-electron chi connectivity index (χ4n) is 1.67. The van der Waals surface area contributed by atoms with Crippen LogP contribution in [0, 0.1) is 5.92 Å². The van der Waals surface area contributed by atoms with Crippen molar-refractivity contribution >= 4 is 11.8 Å². The lowest BCUT2D eigenvalue weighted by molar-refractivity contribution is -0.127. The van der Waals surface area contributed by atoms with Gasteiger partial charge in [0.1, 0.15) is 0 Å². The van der Waals surface area contributed by atoms with Gasteiger partial charge in [0.25, 0.3) is 0 Å². The van der Waals surface area contributed by atoms with Gasteiger partial charge in [0.2, 0.25) is 11.8 Å². The van der Waals surface area contributed by atoms with E-state index in [0.717, 1.165) is 6.42 Å². The lowest BCUT2D eigenvalue weighted by Gasteiger charge is -2.26. The fraction of sp³-hybridized carbons (Fsp3) is 0.818. The standard InChI is InChI=1S/C11H21N3O2/c1-3-7(2)10(12)11(16)14-8-4-5-9(15)13-6-8/h7-8,10H,3-6,12H2,1-2H3,(H,13,15)(H,14,16)/t7-,8?,10-/m0/s1. The van der Waals surface area contributed by atoms with Crippen LogP contribution in [0.25, 0.3) is 0 Å². The average molecular weight is 227 g/mol. The minimum atomic E-state index is -0.456. The summed E-state index contributed by atoms with van der Waals surface area (Å²) < 4.78 is 0. The third-order valence-electron chi connectivity index (χ3n) is 3.17. The molecule has 0 spiro atoms. The summed E-state index contributed by atoms with van der Waals surface area (Å²) in [5.41, 5.74) is 5.82. The Balaban J connectivity index is 2.36. The number of rotatable bonds is 4. The monoisotopic (exact) mass is 227 g/mol. The maximum Gasteiger partial charge on any atom is 0.237 e. The third kappa shape index (κ3) is 3.48. The van der Waals surface area contributed by atoms with Crippen molar-refractivity contribution in [3.63, 3.8) is 0 Å². The van der Waals surface area contributed by atoms with E-state index in [1.807, 2.05) is 13.8 Å². The van der Waals surface area contributed by atoms with Gasteiger partial charge in [0.15, 0.2) is 0 Å². The number of carbonyl (C=O) groups excluding carboxylic acids is 2. The molecule has 1 saturated heterocycles. The smallest absolute Gasteiger partial charge is 0.237 e. The van der Waals surface area contributed by atoms with E-state index in [9.17, 15) is 9.59 Å². The molecule has 4 N–H and O–H groups in total. The van der Waals surface area contributed by atoms with Crippen LogP contribution in [0.15, 0.2) is 0 Å². The minimum absolute atomic E-state index is 0.0281. The molecule has 3 atom stereocenters. The van der Waals surface area contributed by atoms with Crippen LogP contribution in [0.2, 0.25) is 0 Å². The van der Waals surface area contributed by atoms with Gasteiger partial charge in [-0.25, -0.2) is 0 Å². The van der Waals surface area contributed by atoms with E-state index in [1.54, 1.807) is 0 Å². The summed E-state index contributed by atoms with van der Waals surface area (Å²) in [6.45, 7) is 4.49. The normalized spacial score (nSPS) is 24.4. The summed E-state index contributed by atoms with van der Waals surface area (Å²) in [5.74, 6) is 0.116. The SMILES string of the molecule is CC[C@H](C)[C@H](N)C(=O)NC1CCC(=O)NC1. The number of hydrogen-bond donors (Lipinski definition) is 3. The van der Waals surface area contributed by atoms with Crippen molar-refractivity contribution in [1.29, 1.82) is 0 Å². The predicted molar refractivity (Wildman–Crippen MR) is 61.6 cm³/mol. The second-order valence-electron chi connectivity index (χ2n) is 4.46. The minimum Gasteiger partial charge on any atom is -0.354 e. The van der Waals surface area contributed by atoms with E-state index >= 15 is 0 Å². The van der Waals surface area contributed by atoms with E-state index in [4.69, 9.17) is 5.73 Å². The second-order valence-corrected chi connectivity index (χ2v) is 4.46. The molecule has 92 valence electrons. The molecule has 0 aliphatic carbocycles. The maximum absolute atomic E-state index is 11.7. The predicted octanol–water partition coefficient (Wildman–Crippen LogP) is -0.245. The van der Waals surface area contributed by atoms with Gasteiger partial charge >= 0.3 is 0 Å². The van der Waals surface area contributed by atoms with Gasteiger partial charge in [0.05, 0.1) is 6.04 Å². The molecule has 1 aliphatic rings. The molecule has 0 aromatic rings. The van der Waals surface area contributed by atoms with Crippen molar-refractivity contribution in [3.05, 3.63) is 0 Å². The number of hydrogen-bond acceptors (Lipinski definition) is 3. The molecule has 1 heterocycles. The lowest BCUT2D eigenvalue weighted by Crippen LogP contribution is -2.53. The van der Waals surface area contributed by atoms with Crippen LogP contribution >= 0.6 is 0 Å². The molecule has 0 saturated carbocycles. The van der Waals surface area contributed by atoms with Crippen LogP contribution < -0.4 is 16.4 Å². The summed E-state index contributed by atoms with van der Waals surface area (Å²) in [5, 5.41) is 5.60. The zero-order chi connectivity index (χ0) is 12.1. The first-order valence-electron chi connectivity index (χ1n) is 5.87. The molecule has 1 aliphatic heterocycles. The first kappa shape index (κ1) is 13.0. The maximum atomic E-state index is 11.7. The van der Waals surface area contributed by atoms with E-state index in [-0.39, 0.29) is 23.8 Å². The first-order valence-corrected chi connectivity index (χ1v) is 5.87. The molecule has 0 aromatic carbocycles. The number of nitrogens with two attached hydrogens (primary N) is 1. The van der Waals surface area contributed by atoms with Gasteiger partial charge in [-0.1, -0.05) is 20.3 Å². The van der Waals surface area contributed by atoms with E-state index < -0.39 is 6.04 Å². The summed E-state index contributed by atoms with van der Waals surface area (Å²) in [4.78, 5) is 22.7. The van der Waals surface area contributed by atoms with Crippen molar-refractivity contribution < 1.29 is 9.59 Å². The average Bonchev–Trinajstić information content (AvgIpc) is 2.30. The van der Waals surface area contributed by atoms with E-state index in [2.05, 4.69) is 10.6 Å². The first-order chi connectivity index (χ1) is 7.54. The Morgan fingerprint density at radius 3 is 2.88 bits per heavy atom. The van der Waals surface area contributed by atoms with Gasteiger partial charge < -0.3 is 16.4 Å². The quantitative estimate of drug-likeness (QED) is 0.619. The molecular weight excluding hydrogens is 206 g/mol. The molecule has 1 unspecified atom stereocenters. The molecule has 0 radical (unpaired) electrons. The summed E-state index contributed by atoms with van der Waals surface area (Å²) in [7, 11) is 0. The van der Waals surface area contributed by atoms with Crippen LogP contribution in [0.1, 0.15) is 33.1 Å². The van der Waals surface area contributed by atoms with Crippen LogP contribution in [0.5, 0.6) is 0 Å². The van der Waals surface area contributed by atoms with Crippen LogP contribution in [-0.2, 0) is 9.59 Å². The van der Waals surface area contributed by atoms with Gasteiger partial charge in [0, 0.05) is 19.0 Å². The summed E-state index contributed by atoms with van der Waals surface area (Å²) in [6, 6.07) is -0.428. The largest absolute Gasteiger partial charge is 0.354 e. The fourth-order valence-corrected chi connectivity index (χ4v) is 1.67. The Morgan fingerprint density at radius 2 is 2.38 bits per heavy atom. The number of nitrogens with one attached hydrogen (secondary N) is 2. The molecule has 5 nitrogen and oxygen atoms in total. The zero-order valence-corrected chi connectivity index (χ0v) is 9.95. The highest BCUT2D eigenvalue weighted by Crippen LogP contribution is 2.07. The van der Waals surface area contributed by atoms with E-state index in [0.29, 0.717) is 19.4 Å². The summed E-state index contributed by atoms with van der Waals surface area (Å²) in [6.07, 6.45) is 2.06. The molecule has 0 aromatic heterocycles. The molecular formula is C11H21N3O2. The van der Waals surface area contributed by atoms with Gasteiger partial charge in [-0.15, -0.1) is 0 Å². The third-order valence-corrected chi connectivity index (χ3v) is 3.17. The molecule has 1 fully saturated rings. The van der Waals surface area contributed by atoms with Gasteiger partial charge in [-0.3, -0.25) is 9.59 Å². The van der Waals surface area contributed by atoms with Crippen molar-refractivity contribution in [3.8, 4) is 0 Å². The molecule has 1 rings (SSSR count). The Hall–Kier alpha value is -1.10. The molecule has 5 heteroatoms. The van der Waals surface area contributed by atoms with Crippen molar-refractivity contribution in [2.45, 2.75) is 45.2 Å². The Morgan fingerprint density at radius 1 is 1.69 bits per heavy atom. The van der Waals surface area contributed by atoms with Crippen LogP contribution in [0.4, 0.5) is 0 Å². The number of carbonyl (C=O) groups is 2. The molecule has 2 amide bonds. The lowest BCUT2D eigenvalue weighted by atomic mass is 9.98. The number of amides is 2. The molecule has 16 heavy (non-hydrogen) atoms. The Labute approximate surface area is 96.1 Å². The van der Waals surface area contributed by atoms with E-state index in [1.165, 1.54) is 0 Å². The van der Waals surface area contributed by atoms with Crippen LogP contribution in [-0.4, -0.2) is 30.4 Å². The Bertz CT molecular complexity index is 258.